The Morgan fingerprint density at radius 1 is 1.53 bits per heavy atom. The highest BCUT2D eigenvalue weighted by atomic mass is 31.2. The normalized spacial score (nSPS) is 11.5. The van der Waals surface area contributed by atoms with Crippen molar-refractivity contribution in [3.8, 4) is 0 Å². The van der Waals surface area contributed by atoms with Gasteiger partial charge in [-0.25, -0.2) is 23.8 Å². The zero-order chi connectivity index (χ0) is 14.0. The molecule has 0 spiro atoms. The van der Waals surface area contributed by atoms with Crippen molar-refractivity contribution in [3.05, 3.63) is 18.3 Å². The molecule has 0 radical (unpaired) electrons. The standard InChI is InChI=1S/C8H10N5O5P/c1-2-6-9-3-5-7(10-4-11-13(5)6)12-8(14)18-19(15,16)17/h3-4H,2H2,1H3,(H2,15,16,17)(H,10,11,12,14). The highest BCUT2D eigenvalue weighted by molar-refractivity contribution is 7.46. The van der Waals surface area contributed by atoms with Crippen molar-refractivity contribution in [3.63, 3.8) is 0 Å². The average molecular weight is 287 g/mol. The number of fused-ring (bicyclic) bond motifs is 1. The maximum absolute atomic E-state index is 11.2. The first-order valence-corrected chi connectivity index (χ1v) is 6.67. The van der Waals surface area contributed by atoms with Crippen LogP contribution in [-0.2, 0) is 15.5 Å². The lowest BCUT2D eigenvalue weighted by Gasteiger charge is -2.07. The van der Waals surface area contributed by atoms with E-state index in [4.69, 9.17) is 9.79 Å². The number of imidazole rings is 1. The van der Waals surface area contributed by atoms with Crippen molar-refractivity contribution in [2.45, 2.75) is 13.3 Å². The molecule has 102 valence electrons. The van der Waals surface area contributed by atoms with Gasteiger partial charge in [0.05, 0.1) is 6.20 Å². The Labute approximate surface area is 106 Å². The number of rotatable bonds is 3. The van der Waals surface area contributed by atoms with Crippen LogP contribution < -0.4 is 5.32 Å². The first kappa shape index (κ1) is 13.4. The molecule has 0 saturated heterocycles. The van der Waals surface area contributed by atoms with E-state index >= 15 is 0 Å². The molecular weight excluding hydrogens is 277 g/mol. The number of nitrogens with zero attached hydrogens (tertiary/aromatic N) is 4. The van der Waals surface area contributed by atoms with Crippen molar-refractivity contribution in [2.24, 2.45) is 0 Å². The van der Waals surface area contributed by atoms with Gasteiger partial charge in [-0.3, -0.25) is 15.1 Å². The minimum Gasteiger partial charge on any atom is -0.353 e. The van der Waals surface area contributed by atoms with Crippen molar-refractivity contribution < 1.29 is 23.7 Å². The molecule has 1 amide bonds. The summed E-state index contributed by atoms with van der Waals surface area (Å²) in [6.45, 7) is 1.88. The number of hydrogen-bond donors (Lipinski definition) is 3. The second kappa shape index (κ2) is 4.92. The van der Waals surface area contributed by atoms with Crippen molar-refractivity contribution >= 4 is 25.3 Å². The lowest BCUT2D eigenvalue weighted by Crippen LogP contribution is -2.14. The number of nitrogens with one attached hydrogen (secondary N) is 1. The maximum Gasteiger partial charge on any atom is 0.528 e. The Bertz CT molecular complexity index is 665. The van der Waals surface area contributed by atoms with E-state index in [1.165, 1.54) is 17.0 Å². The van der Waals surface area contributed by atoms with Crippen LogP contribution in [0, 0.1) is 0 Å². The Morgan fingerprint density at radius 3 is 2.89 bits per heavy atom. The molecule has 0 aliphatic heterocycles. The summed E-state index contributed by atoms with van der Waals surface area (Å²) in [4.78, 5) is 36.1. The van der Waals surface area contributed by atoms with Crippen LogP contribution in [0.2, 0.25) is 0 Å². The molecule has 0 saturated carbocycles. The molecule has 0 aromatic carbocycles. The molecule has 2 aromatic rings. The molecule has 0 atom stereocenters. The van der Waals surface area contributed by atoms with E-state index in [9.17, 15) is 9.36 Å². The van der Waals surface area contributed by atoms with Crippen LogP contribution in [0.5, 0.6) is 0 Å². The van der Waals surface area contributed by atoms with Crippen LogP contribution >= 0.6 is 7.82 Å². The molecule has 11 heteroatoms. The van der Waals surface area contributed by atoms with E-state index in [2.05, 4.69) is 24.9 Å². The van der Waals surface area contributed by atoms with Crippen LogP contribution in [0.15, 0.2) is 12.5 Å². The number of phosphoric acid groups is 1. The predicted molar refractivity (Wildman–Crippen MR) is 62.3 cm³/mol. The number of carbonyl (C=O) groups excluding carboxylic acids is 1. The number of aryl methyl sites for hydroxylation is 1. The Hall–Kier alpha value is -2.03. The number of hydrogen-bond acceptors (Lipinski definition) is 6. The topological polar surface area (TPSA) is 139 Å². The van der Waals surface area contributed by atoms with E-state index in [1.807, 2.05) is 6.92 Å². The molecule has 0 aliphatic rings. The summed E-state index contributed by atoms with van der Waals surface area (Å²) in [5.41, 5.74) is 0.391. The first-order chi connectivity index (χ1) is 8.90. The predicted octanol–water partition coefficient (Wildman–Crippen LogP) is 0.328. The molecule has 0 aliphatic carbocycles. The summed E-state index contributed by atoms with van der Waals surface area (Å²) in [6, 6.07) is 0. The number of carbonyl (C=O) groups is 1. The largest absolute Gasteiger partial charge is 0.528 e. The summed E-state index contributed by atoms with van der Waals surface area (Å²) in [5, 5.41) is 6.07. The van der Waals surface area contributed by atoms with Gasteiger partial charge in [0.2, 0.25) is 0 Å². The second-order valence-corrected chi connectivity index (χ2v) is 4.59. The molecule has 0 bridgehead atoms. The van der Waals surface area contributed by atoms with Crippen LogP contribution in [-0.4, -0.2) is 35.5 Å². The fourth-order valence-electron chi connectivity index (χ4n) is 1.44. The Morgan fingerprint density at radius 2 is 2.26 bits per heavy atom. The lowest BCUT2D eigenvalue weighted by molar-refractivity contribution is 0.189. The molecule has 2 rings (SSSR count). The number of phosphoric ester groups is 1. The van der Waals surface area contributed by atoms with Gasteiger partial charge < -0.3 is 4.52 Å². The van der Waals surface area contributed by atoms with Crippen LogP contribution in [0.25, 0.3) is 5.52 Å². The van der Waals surface area contributed by atoms with Gasteiger partial charge in [0, 0.05) is 6.42 Å². The van der Waals surface area contributed by atoms with Crippen LogP contribution in [0.3, 0.4) is 0 Å². The summed E-state index contributed by atoms with van der Waals surface area (Å²) in [7, 11) is -4.90. The molecule has 10 nitrogen and oxygen atoms in total. The summed E-state index contributed by atoms with van der Waals surface area (Å²) < 4.78 is 15.8. The summed E-state index contributed by atoms with van der Waals surface area (Å²) in [5.74, 6) is 0.699. The van der Waals surface area contributed by atoms with E-state index in [0.29, 0.717) is 17.8 Å². The summed E-state index contributed by atoms with van der Waals surface area (Å²) in [6.07, 6.45) is 1.93. The minimum absolute atomic E-state index is 0.0423. The fraction of sp³-hybridized carbons (Fsp3) is 0.250. The lowest BCUT2D eigenvalue weighted by atomic mass is 10.5. The zero-order valence-corrected chi connectivity index (χ0v) is 10.6. The molecule has 19 heavy (non-hydrogen) atoms. The molecule has 2 heterocycles. The number of aromatic nitrogens is 4. The zero-order valence-electron chi connectivity index (χ0n) is 9.72. The molecule has 3 N–H and O–H groups in total. The third-order valence-electron chi connectivity index (χ3n) is 2.14. The molecule has 2 aromatic heterocycles. The third kappa shape index (κ3) is 3.05. The Kier molecular flexibility index (Phi) is 3.47. The van der Waals surface area contributed by atoms with E-state index in [1.54, 1.807) is 0 Å². The van der Waals surface area contributed by atoms with Gasteiger partial charge >= 0.3 is 13.9 Å². The Balaban J connectivity index is 2.28. The highest BCUT2D eigenvalue weighted by Crippen LogP contribution is 2.36. The van der Waals surface area contributed by atoms with Crippen molar-refractivity contribution in [1.29, 1.82) is 0 Å². The second-order valence-electron chi connectivity index (χ2n) is 3.43. The highest BCUT2D eigenvalue weighted by Gasteiger charge is 2.21. The van der Waals surface area contributed by atoms with Crippen molar-refractivity contribution in [2.75, 3.05) is 5.32 Å². The van der Waals surface area contributed by atoms with E-state index in [0.717, 1.165) is 0 Å². The summed E-state index contributed by atoms with van der Waals surface area (Å²) >= 11 is 0. The molecular formula is C8H10N5O5P. The maximum atomic E-state index is 11.2. The monoisotopic (exact) mass is 287 g/mol. The van der Waals surface area contributed by atoms with Crippen LogP contribution in [0.4, 0.5) is 10.6 Å². The molecule has 0 fully saturated rings. The quantitative estimate of drug-likeness (QED) is 0.686. The van der Waals surface area contributed by atoms with Gasteiger partial charge in [0.15, 0.2) is 5.82 Å². The molecule has 0 unspecified atom stereocenters. The van der Waals surface area contributed by atoms with Gasteiger partial charge in [0.25, 0.3) is 0 Å². The van der Waals surface area contributed by atoms with Crippen molar-refractivity contribution in [1.82, 2.24) is 19.6 Å². The van der Waals surface area contributed by atoms with Gasteiger partial charge in [-0.15, -0.1) is 0 Å². The van der Waals surface area contributed by atoms with Gasteiger partial charge in [0.1, 0.15) is 17.7 Å². The number of anilines is 1. The van der Waals surface area contributed by atoms with E-state index in [-0.39, 0.29) is 5.82 Å². The SMILES string of the molecule is CCc1ncc2c(NC(=O)OP(=O)(O)O)ncnn12. The van der Waals surface area contributed by atoms with E-state index < -0.39 is 13.9 Å². The fourth-order valence-corrected chi connectivity index (χ4v) is 1.70. The van der Waals surface area contributed by atoms with Gasteiger partial charge in [-0.05, 0) is 0 Å². The average Bonchev–Trinajstić information content (AvgIpc) is 2.70. The van der Waals surface area contributed by atoms with Crippen LogP contribution in [0.1, 0.15) is 12.7 Å². The first-order valence-electron chi connectivity index (χ1n) is 5.14. The third-order valence-corrected chi connectivity index (χ3v) is 2.55. The van der Waals surface area contributed by atoms with Gasteiger partial charge in [-0.2, -0.15) is 5.10 Å². The smallest absolute Gasteiger partial charge is 0.353 e. The minimum atomic E-state index is -4.90. The number of amides is 1. The van der Waals surface area contributed by atoms with Gasteiger partial charge in [-0.1, -0.05) is 6.92 Å².